The smallest absolute Gasteiger partial charge is 0.220 e. The molecule has 7 unspecified atom stereocenters. The Morgan fingerprint density at radius 3 is 1.00 bits per heavy atom. The lowest BCUT2D eigenvalue weighted by atomic mass is 9.99. The molecule has 7 atom stereocenters. The van der Waals surface area contributed by atoms with Crippen LogP contribution in [-0.4, -0.2) is 87.5 Å². The van der Waals surface area contributed by atoms with Gasteiger partial charge >= 0.3 is 0 Å². The Morgan fingerprint density at radius 2 is 0.691 bits per heavy atom. The third-order valence-electron chi connectivity index (χ3n) is 17.5. The number of amides is 1. The van der Waals surface area contributed by atoms with Gasteiger partial charge in [-0.2, -0.15) is 0 Å². The molecule has 6 N–H and O–H groups in total. The van der Waals surface area contributed by atoms with Gasteiger partial charge in [-0.1, -0.05) is 346 Å². The number of hydrogen-bond donors (Lipinski definition) is 6. The summed E-state index contributed by atoms with van der Waals surface area (Å²) in [5.74, 6) is -0.168. The van der Waals surface area contributed by atoms with E-state index in [9.17, 15) is 30.3 Å². The van der Waals surface area contributed by atoms with E-state index in [4.69, 9.17) is 9.47 Å². The molecule has 9 heteroatoms. The summed E-state index contributed by atoms with van der Waals surface area (Å²) in [4.78, 5) is 13.1. The van der Waals surface area contributed by atoms with Gasteiger partial charge in [-0.3, -0.25) is 4.79 Å². The molecule has 9 nitrogen and oxygen atoms in total. The zero-order chi connectivity index (χ0) is 58.6. The fourth-order valence-electron chi connectivity index (χ4n) is 11.9. The Balaban J connectivity index is 2.04. The summed E-state index contributed by atoms with van der Waals surface area (Å²) in [7, 11) is 0. The number of carbonyl (C=O) groups is 1. The van der Waals surface area contributed by atoms with Crippen LogP contribution < -0.4 is 5.32 Å². The summed E-state index contributed by atoms with van der Waals surface area (Å²) < 4.78 is 11.3. The van der Waals surface area contributed by atoms with Gasteiger partial charge in [0.15, 0.2) is 6.29 Å². The molecule has 0 aliphatic carbocycles. The fourth-order valence-corrected chi connectivity index (χ4v) is 11.9. The average Bonchev–Trinajstić information content (AvgIpc) is 3.48. The van der Waals surface area contributed by atoms with Crippen molar-refractivity contribution in [3.63, 3.8) is 0 Å². The Bertz CT molecular complexity index is 1330. The Kier molecular flexibility index (Phi) is 59.2. The molecule has 1 saturated heterocycles. The highest BCUT2D eigenvalue weighted by atomic mass is 16.7. The van der Waals surface area contributed by atoms with Crippen LogP contribution in [0.1, 0.15) is 373 Å². The first-order valence-corrected chi connectivity index (χ1v) is 36.1. The molecule has 0 spiro atoms. The van der Waals surface area contributed by atoms with E-state index in [1.165, 1.54) is 315 Å². The SMILES string of the molecule is CCCCCCCCCC/C=C\CCCCCCCCCCCCCCCCCCCCCCCCCCCCCC(=O)NC(COC1OC(CO)C(O)C(O)C1O)C(O)/C=C/CCCCCCCCCCCCCCCCCCC. The zero-order valence-electron chi connectivity index (χ0n) is 53.8. The second-order valence-electron chi connectivity index (χ2n) is 25.4. The number of aliphatic hydroxyl groups excluding tert-OH is 5. The molecule has 81 heavy (non-hydrogen) atoms. The van der Waals surface area contributed by atoms with Crippen LogP contribution in [0, 0.1) is 0 Å². The van der Waals surface area contributed by atoms with Gasteiger partial charge in [-0.15, -0.1) is 0 Å². The van der Waals surface area contributed by atoms with E-state index in [-0.39, 0.29) is 12.5 Å². The number of rotatable bonds is 64. The molecule has 0 saturated carbocycles. The van der Waals surface area contributed by atoms with Crippen LogP contribution in [-0.2, 0) is 14.3 Å². The summed E-state index contributed by atoms with van der Waals surface area (Å²) in [5.41, 5.74) is 0. The maximum Gasteiger partial charge on any atom is 0.220 e. The van der Waals surface area contributed by atoms with Crippen LogP contribution in [0.2, 0.25) is 0 Å². The molecule has 1 amide bonds. The Hall–Kier alpha value is -1.33. The molecule has 1 fully saturated rings. The highest BCUT2D eigenvalue weighted by Crippen LogP contribution is 2.24. The lowest BCUT2D eigenvalue weighted by molar-refractivity contribution is -0.302. The summed E-state index contributed by atoms with van der Waals surface area (Å²) in [6.45, 7) is 3.83. The largest absolute Gasteiger partial charge is 0.394 e. The lowest BCUT2D eigenvalue weighted by Crippen LogP contribution is -2.60. The van der Waals surface area contributed by atoms with Crippen LogP contribution in [0.15, 0.2) is 24.3 Å². The zero-order valence-corrected chi connectivity index (χ0v) is 53.8. The molecule has 0 aromatic heterocycles. The van der Waals surface area contributed by atoms with E-state index in [2.05, 4.69) is 31.3 Å². The molecule has 0 aromatic rings. The number of hydrogen-bond acceptors (Lipinski definition) is 8. The first-order chi connectivity index (χ1) is 39.8. The molecule has 1 aliphatic rings. The minimum atomic E-state index is -1.56. The lowest BCUT2D eigenvalue weighted by Gasteiger charge is -2.40. The van der Waals surface area contributed by atoms with Crippen LogP contribution in [0.4, 0.5) is 0 Å². The molecule has 480 valence electrons. The Morgan fingerprint density at radius 1 is 0.407 bits per heavy atom. The van der Waals surface area contributed by atoms with Crippen LogP contribution >= 0.6 is 0 Å². The van der Waals surface area contributed by atoms with Gasteiger partial charge in [0, 0.05) is 6.42 Å². The van der Waals surface area contributed by atoms with Crippen molar-refractivity contribution in [2.45, 2.75) is 416 Å². The number of aliphatic hydroxyl groups is 5. The molecular weight excluding hydrogens is 1010 g/mol. The summed E-state index contributed by atoms with van der Waals surface area (Å²) in [6, 6.07) is -0.802. The number of allylic oxidation sites excluding steroid dienone is 3. The number of unbranched alkanes of at least 4 members (excludes halogenated alkanes) is 52. The summed E-state index contributed by atoms with van der Waals surface area (Å²) in [5, 5.41) is 54.7. The van der Waals surface area contributed by atoms with Crippen LogP contribution in [0.3, 0.4) is 0 Å². The van der Waals surface area contributed by atoms with Crippen molar-refractivity contribution in [1.29, 1.82) is 0 Å². The second-order valence-corrected chi connectivity index (χ2v) is 25.4. The maximum atomic E-state index is 13.1. The van der Waals surface area contributed by atoms with Crippen molar-refractivity contribution >= 4 is 5.91 Å². The topological polar surface area (TPSA) is 149 Å². The minimum Gasteiger partial charge on any atom is -0.394 e. The molecule has 0 bridgehead atoms. The van der Waals surface area contributed by atoms with E-state index in [0.717, 1.165) is 38.5 Å². The third kappa shape index (κ3) is 50.5. The minimum absolute atomic E-state index is 0.168. The first-order valence-electron chi connectivity index (χ1n) is 36.1. The summed E-state index contributed by atoms with van der Waals surface area (Å²) >= 11 is 0. The quantitative estimate of drug-likeness (QED) is 0.0261. The van der Waals surface area contributed by atoms with Gasteiger partial charge in [0.2, 0.25) is 5.91 Å². The molecule has 0 aromatic carbocycles. The van der Waals surface area contributed by atoms with Crippen molar-refractivity contribution < 1.29 is 39.8 Å². The van der Waals surface area contributed by atoms with Gasteiger partial charge < -0.3 is 40.3 Å². The van der Waals surface area contributed by atoms with E-state index in [1.54, 1.807) is 6.08 Å². The first kappa shape index (κ1) is 77.7. The highest BCUT2D eigenvalue weighted by Gasteiger charge is 2.44. The third-order valence-corrected chi connectivity index (χ3v) is 17.5. The molecule has 0 radical (unpaired) electrons. The normalized spacial score (nSPS) is 18.4. The van der Waals surface area contributed by atoms with Gasteiger partial charge in [0.25, 0.3) is 0 Å². The maximum absolute atomic E-state index is 13.1. The Labute approximate surface area is 502 Å². The van der Waals surface area contributed by atoms with Gasteiger partial charge in [0.1, 0.15) is 24.4 Å². The van der Waals surface area contributed by atoms with E-state index < -0.39 is 49.5 Å². The standard InChI is InChI=1S/C72H139NO8/c1-3-5-7-9-11-13-15-17-19-21-23-24-25-26-27-28-29-30-31-32-33-34-35-36-37-38-39-40-41-42-44-46-48-50-52-54-56-58-60-62-68(76)73-65(64-80-72-71(79)70(78)69(77)67(63-74)81-72)66(75)61-59-57-55-53-51-49-47-45-43-22-20-18-16-14-12-10-8-6-4-2/h21,23,59,61,65-67,69-72,74-75,77-79H,3-20,22,24-58,60,62-64H2,1-2H3,(H,73,76)/b23-21-,61-59+. The van der Waals surface area contributed by atoms with Gasteiger partial charge in [-0.25, -0.2) is 0 Å². The molecule has 1 rings (SSSR count). The van der Waals surface area contributed by atoms with Crippen molar-refractivity contribution in [1.82, 2.24) is 5.32 Å². The molecule has 1 heterocycles. The van der Waals surface area contributed by atoms with E-state index in [1.807, 2.05) is 6.08 Å². The fraction of sp³-hybridized carbons (Fsp3) is 0.931. The van der Waals surface area contributed by atoms with Crippen molar-refractivity contribution in [3.8, 4) is 0 Å². The van der Waals surface area contributed by atoms with Crippen molar-refractivity contribution in [2.75, 3.05) is 13.2 Å². The van der Waals surface area contributed by atoms with Crippen molar-refractivity contribution in [2.24, 2.45) is 0 Å². The predicted octanol–water partition coefficient (Wildman–Crippen LogP) is 19.6. The van der Waals surface area contributed by atoms with Crippen molar-refractivity contribution in [3.05, 3.63) is 24.3 Å². The van der Waals surface area contributed by atoms with E-state index >= 15 is 0 Å². The van der Waals surface area contributed by atoms with Crippen LogP contribution in [0.5, 0.6) is 0 Å². The van der Waals surface area contributed by atoms with Gasteiger partial charge in [0.05, 0.1) is 25.4 Å². The number of carbonyl (C=O) groups excluding carboxylic acids is 1. The van der Waals surface area contributed by atoms with E-state index in [0.29, 0.717) is 6.42 Å². The molecular formula is C72H139NO8. The number of nitrogens with one attached hydrogen (secondary N) is 1. The predicted molar refractivity (Wildman–Crippen MR) is 346 cm³/mol. The average molecular weight is 1150 g/mol. The number of ether oxygens (including phenoxy) is 2. The summed E-state index contributed by atoms with van der Waals surface area (Å²) in [6.07, 6.45) is 74.5. The second kappa shape index (κ2) is 61.7. The molecule has 1 aliphatic heterocycles. The van der Waals surface area contributed by atoms with Gasteiger partial charge in [-0.05, 0) is 44.9 Å². The van der Waals surface area contributed by atoms with Crippen LogP contribution in [0.25, 0.3) is 0 Å². The highest BCUT2D eigenvalue weighted by molar-refractivity contribution is 5.76. The monoisotopic (exact) mass is 1150 g/mol.